The van der Waals surface area contributed by atoms with Gasteiger partial charge in [0.25, 0.3) is 0 Å². The van der Waals surface area contributed by atoms with E-state index in [9.17, 15) is 4.39 Å². The molecule has 2 nitrogen and oxygen atoms in total. The van der Waals surface area contributed by atoms with Gasteiger partial charge < -0.3 is 10.5 Å². The van der Waals surface area contributed by atoms with Crippen LogP contribution in [0.15, 0.2) is 36.4 Å². The molecule has 2 aromatic rings. The minimum absolute atomic E-state index is 0.293. The van der Waals surface area contributed by atoms with Gasteiger partial charge in [0.15, 0.2) is 11.6 Å². The van der Waals surface area contributed by atoms with E-state index in [0.29, 0.717) is 24.5 Å². The summed E-state index contributed by atoms with van der Waals surface area (Å²) in [6.07, 6.45) is 0. The van der Waals surface area contributed by atoms with Crippen molar-refractivity contribution in [1.29, 1.82) is 0 Å². The summed E-state index contributed by atoms with van der Waals surface area (Å²) in [7, 11) is 0. The van der Waals surface area contributed by atoms with E-state index in [1.807, 2.05) is 25.1 Å². The molecule has 0 aliphatic rings. The molecule has 0 unspecified atom stereocenters. The van der Waals surface area contributed by atoms with Crippen molar-refractivity contribution in [1.82, 2.24) is 0 Å². The summed E-state index contributed by atoms with van der Waals surface area (Å²) >= 11 is 0. The molecule has 3 heteroatoms. The average molecular weight is 259 g/mol. The molecule has 0 amide bonds. The molecule has 0 aliphatic heterocycles. The van der Waals surface area contributed by atoms with E-state index < -0.39 is 0 Å². The first-order chi connectivity index (χ1) is 9.11. The molecule has 2 aromatic carbocycles. The Kier molecular flexibility index (Phi) is 4.17. The Balaban J connectivity index is 2.12. The molecule has 100 valence electrons. The fourth-order valence-electron chi connectivity index (χ4n) is 1.93. The SMILES string of the molecule is Cc1cc(CN)ccc1COc1cccc(C)c1F. The highest BCUT2D eigenvalue weighted by molar-refractivity contribution is 5.33. The van der Waals surface area contributed by atoms with Gasteiger partial charge in [-0.15, -0.1) is 0 Å². The minimum atomic E-state index is -0.293. The van der Waals surface area contributed by atoms with E-state index in [0.717, 1.165) is 16.7 Å². The summed E-state index contributed by atoms with van der Waals surface area (Å²) in [4.78, 5) is 0. The van der Waals surface area contributed by atoms with Crippen molar-refractivity contribution in [3.8, 4) is 5.75 Å². The number of hydrogen-bond donors (Lipinski definition) is 1. The highest BCUT2D eigenvalue weighted by atomic mass is 19.1. The molecular formula is C16H18FNO. The first-order valence-electron chi connectivity index (χ1n) is 6.28. The highest BCUT2D eigenvalue weighted by Crippen LogP contribution is 2.21. The lowest BCUT2D eigenvalue weighted by molar-refractivity contribution is 0.289. The van der Waals surface area contributed by atoms with Crippen LogP contribution >= 0.6 is 0 Å². The van der Waals surface area contributed by atoms with Gasteiger partial charge in [-0.3, -0.25) is 0 Å². The normalized spacial score (nSPS) is 10.5. The van der Waals surface area contributed by atoms with Crippen molar-refractivity contribution >= 4 is 0 Å². The van der Waals surface area contributed by atoms with Crippen LogP contribution in [0.1, 0.15) is 22.3 Å². The lowest BCUT2D eigenvalue weighted by atomic mass is 10.1. The van der Waals surface area contributed by atoms with Crippen molar-refractivity contribution in [2.75, 3.05) is 0 Å². The monoisotopic (exact) mass is 259 g/mol. The summed E-state index contributed by atoms with van der Waals surface area (Å²) in [5, 5.41) is 0. The van der Waals surface area contributed by atoms with Crippen LogP contribution in [0.3, 0.4) is 0 Å². The Morgan fingerprint density at radius 2 is 1.89 bits per heavy atom. The molecule has 2 N–H and O–H groups in total. The molecule has 0 heterocycles. The number of ether oxygens (including phenoxy) is 1. The molecule has 0 saturated heterocycles. The third-order valence-corrected chi connectivity index (χ3v) is 3.18. The third-order valence-electron chi connectivity index (χ3n) is 3.18. The van der Waals surface area contributed by atoms with E-state index >= 15 is 0 Å². The number of aryl methyl sites for hydroxylation is 2. The van der Waals surface area contributed by atoms with Gasteiger partial charge in [-0.25, -0.2) is 4.39 Å². The van der Waals surface area contributed by atoms with Crippen LogP contribution in [0, 0.1) is 19.7 Å². The van der Waals surface area contributed by atoms with Crippen LogP contribution < -0.4 is 10.5 Å². The second-order valence-corrected chi connectivity index (χ2v) is 4.64. The second kappa shape index (κ2) is 5.85. The molecule has 0 spiro atoms. The zero-order valence-corrected chi connectivity index (χ0v) is 11.2. The van der Waals surface area contributed by atoms with Crippen molar-refractivity contribution < 1.29 is 9.13 Å². The maximum atomic E-state index is 13.8. The average Bonchev–Trinajstić information content (AvgIpc) is 2.41. The topological polar surface area (TPSA) is 35.2 Å². The van der Waals surface area contributed by atoms with Crippen LogP contribution in [0.25, 0.3) is 0 Å². The largest absolute Gasteiger partial charge is 0.486 e. The quantitative estimate of drug-likeness (QED) is 0.912. The number of benzene rings is 2. The van der Waals surface area contributed by atoms with Gasteiger partial charge in [-0.05, 0) is 42.2 Å². The van der Waals surface area contributed by atoms with Crippen LogP contribution in [-0.4, -0.2) is 0 Å². The number of hydrogen-bond acceptors (Lipinski definition) is 2. The fourth-order valence-corrected chi connectivity index (χ4v) is 1.93. The van der Waals surface area contributed by atoms with E-state index in [4.69, 9.17) is 10.5 Å². The summed E-state index contributed by atoms with van der Waals surface area (Å²) in [6, 6.07) is 11.1. The predicted octanol–water partition coefficient (Wildman–Crippen LogP) is 3.48. The lowest BCUT2D eigenvalue weighted by Gasteiger charge is -2.11. The first kappa shape index (κ1) is 13.6. The Labute approximate surface area is 113 Å². The fraction of sp³-hybridized carbons (Fsp3) is 0.250. The number of rotatable bonds is 4. The van der Waals surface area contributed by atoms with Crippen molar-refractivity contribution in [2.24, 2.45) is 5.73 Å². The summed E-state index contributed by atoms with van der Waals surface area (Å²) < 4.78 is 19.3. The smallest absolute Gasteiger partial charge is 0.167 e. The Morgan fingerprint density at radius 1 is 1.11 bits per heavy atom. The van der Waals surface area contributed by atoms with Gasteiger partial charge in [0.1, 0.15) is 6.61 Å². The van der Waals surface area contributed by atoms with Crippen molar-refractivity contribution in [2.45, 2.75) is 27.0 Å². The Bertz CT molecular complexity index is 581. The van der Waals surface area contributed by atoms with E-state index in [2.05, 4.69) is 0 Å². The van der Waals surface area contributed by atoms with Gasteiger partial charge in [0, 0.05) is 6.54 Å². The Morgan fingerprint density at radius 3 is 2.58 bits per heavy atom. The van der Waals surface area contributed by atoms with Gasteiger partial charge in [0.2, 0.25) is 0 Å². The standard InChI is InChI=1S/C16H18FNO/c1-11-4-3-5-15(16(11)17)19-10-14-7-6-13(9-18)8-12(14)2/h3-8H,9-10,18H2,1-2H3. The van der Waals surface area contributed by atoms with Crippen LogP contribution in [0.5, 0.6) is 5.75 Å². The van der Waals surface area contributed by atoms with Crippen molar-refractivity contribution in [3.63, 3.8) is 0 Å². The van der Waals surface area contributed by atoms with Crippen LogP contribution in [0.4, 0.5) is 4.39 Å². The summed E-state index contributed by atoms with van der Waals surface area (Å²) in [6.45, 7) is 4.61. The Hall–Kier alpha value is -1.87. The van der Waals surface area contributed by atoms with Gasteiger partial charge in [0.05, 0.1) is 0 Å². The van der Waals surface area contributed by atoms with Crippen LogP contribution in [-0.2, 0) is 13.2 Å². The molecule has 2 rings (SSSR count). The summed E-state index contributed by atoms with van der Waals surface area (Å²) in [5.41, 5.74) is 9.41. The molecule has 19 heavy (non-hydrogen) atoms. The zero-order chi connectivity index (χ0) is 13.8. The number of nitrogens with two attached hydrogens (primary N) is 1. The third kappa shape index (κ3) is 3.12. The zero-order valence-electron chi connectivity index (χ0n) is 11.2. The van der Waals surface area contributed by atoms with Crippen LogP contribution in [0.2, 0.25) is 0 Å². The summed E-state index contributed by atoms with van der Waals surface area (Å²) in [5.74, 6) is 0.000956. The number of halogens is 1. The highest BCUT2D eigenvalue weighted by Gasteiger charge is 2.07. The second-order valence-electron chi connectivity index (χ2n) is 4.64. The molecule has 0 bridgehead atoms. The van der Waals surface area contributed by atoms with E-state index in [1.165, 1.54) is 0 Å². The molecule has 0 aliphatic carbocycles. The molecule has 0 fully saturated rings. The molecular weight excluding hydrogens is 241 g/mol. The maximum absolute atomic E-state index is 13.8. The molecule has 0 saturated carbocycles. The van der Waals surface area contributed by atoms with E-state index in [1.54, 1.807) is 25.1 Å². The lowest BCUT2D eigenvalue weighted by Crippen LogP contribution is -2.02. The molecule has 0 aromatic heterocycles. The van der Waals surface area contributed by atoms with Crippen molar-refractivity contribution in [3.05, 3.63) is 64.5 Å². The van der Waals surface area contributed by atoms with E-state index in [-0.39, 0.29) is 5.82 Å². The van der Waals surface area contributed by atoms with Gasteiger partial charge >= 0.3 is 0 Å². The minimum Gasteiger partial charge on any atom is -0.486 e. The van der Waals surface area contributed by atoms with Gasteiger partial charge in [-0.1, -0.05) is 30.3 Å². The first-order valence-corrected chi connectivity index (χ1v) is 6.28. The molecule has 0 radical (unpaired) electrons. The predicted molar refractivity (Wildman–Crippen MR) is 74.5 cm³/mol. The molecule has 0 atom stereocenters. The maximum Gasteiger partial charge on any atom is 0.167 e. The van der Waals surface area contributed by atoms with Gasteiger partial charge in [-0.2, -0.15) is 0 Å².